The Bertz CT molecular complexity index is 367. The third kappa shape index (κ3) is 2.79. The summed E-state index contributed by atoms with van der Waals surface area (Å²) in [6.45, 7) is 7.78. The van der Waals surface area contributed by atoms with Crippen LogP contribution in [0.15, 0.2) is 0 Å². The predicted molar refractivity (Wildman–Crippen MR) is 66.0 cm³/mol. The second kappa shape index (κ2) is 5.72. The first kappa shape index (κ1) is 13.6. The first-order valence-electron chi connectivity index (χ1n) is 6.03. The second-order valence-electron chi connectivity index (χ2n) is 4.44. The van der Waals surface area contributed by atoms with Gasteiger partial charge in [-0.2, -0.15) is 0 Å². The van der Waals surface area contributed by atoms with Crippen LogP contribution in [0.4, 0.5) is 0 Å². The van der Waals surface area contributed by atoms with E-state index < -0.39 is 12.1 Å². The number of nitrogens with zero attached hydrogens (tertiary/aromatic N) is 1. The molecule has 0 radical (unpaired) electrons. The van der Waals surface area contributed by atoms with E-state index in [4.69, 9.17) is 0 Å². The van der Waals surface area contributed by atoms with Crippen LogP contribution in [0.2, 0.25) is 0 Å². The summed E-state index contributed by atoms with van der Waals surface area (Å²) in [5.41, 5.74) is 0. The van der Waals surface area contributed by atoms with E-state index in [0.29, 0.717) is 6.54 Å². The molecule has 0 aromatic heterocycles. The zero-order chi connectivity index (χ0) is 13.0. The molecule has 0 spiro atoms. The van der Waals surface area contributed by atoms with Crippen molar-refractivity contribution in [3.8, 4) is 11.8 Å². The largest absolute Gasteiger partial charge is 0.342 e. The fraction of sp³-hybridized carbons (Fsp3) is 0.692. The Balaban J connectivity index is 2.89. The third-order valence-electron chi connectivity index (χ3n) is 3.33. The molecule has 1 saturated heterocycles. The zero-order valence-corrected chi connectivity index (χ0v) is 10.9. The van der Waals surface area contributed by atoms with Crippen molar-refractivity contribution in [2.75, 3.05) is 6.54 Å². The van der Waals surface area contributed by atoms with Gasteiger partial charge in [0.15, 0.2) is 0 Å². The molecule has 1 aliphatic rings. The summed E-state index contributed by atoms with van der Waals surface area (Å²) in [6.07, 6.45) is 0.859. The van der Waals surface area contributed by atoms with Crippen molar-refractivity contribution in [3.05, 3.63) is 0 Å². The Hall–Kier alpha value is -1.50. The number of nitrogens with one attached hydrogen (secondary N) is 1. The third-order valence-corrected chi connectivity index (χ3v) is 3.33. The van der Waals surface area contributed by atoms with E-state index in [9.17, 15) is 9.59 Å². The molecule has 17 heavy (non-hydrogen) atoms. The summed E-state index contributed by atoms with van der Waals surface area (Å²) in [5.74, 6) is 5.65. The highest BCUT2D eigenvalue weighted by Gasteiger charge is 2.39. The van der Waals surface area contributed by atoms with E-state index in [1.165, 1.54) is 0 Å². The van der Waals surface area contributed by atoms with Gasteiger partial charge < -0.3 is 10.2 Å². The van der Waals surface area contributed by atoms with Gasteiger partial charge in [0.05, 0.1) is 6.54 Å². The molecule has 1 aliphatic heterocycles. The fourth-order valence-electron chi connectivity index (χ4n) is 1.85. The van der Waals surface area contributed by atoms with Gasteiger partial charge in [0.2, 0.25) is 11.8 Å². The minimum Gasteiger partial charge on any atom is -0.342 e. The molecule has 2 amide bonds. The highest BCUT2D eigenvalue weighted by molar-refractivity contribution is 5.97. The monoisotopic (exact) mass is 236 g/mol. The molecule has 0 aliphatic carbocycles. The second-order valence-corrected chi connectivity index (χ2v) is 4.44. The summed E-state index contributed by atoms with van der Waals surface area (Å²) in [5, 5.41) is 2.79. The topological polar surface area (TPSA) is 49.4 Å². The first-order chi connectivity index (χ1) is 8.02. The molecular weight excluding hydrogens is 216 g/mol. The van der Waals surface area contributed by atoms with Gasteiger partial charge in [-0.25, -0.2) is 0 Å². The molecule has 3 atom stereocenters. The molecule has 0 saturated carbocycles. The molecule has 1 fully saturated rings. The van der Waals surface area contributed by atoms with Crippen LogP contribution in [0, 0.1) is 17.8 Å². The molecule has 94 valence electrons. The van der Waals surface area contributed by atoms with E-state index in [1.54, 1.807) is 18.7 Å². The summed E-state index contributed by atoms with van der Waals surface area (Å²) in [6, 6.07) is -0.828. The predicted octanol–water partition coefficient (Wildman–Crippen LogP) is 0.771. The quantitative estimate of drug-likeness (QED) is 0.736. The van der Waals surface area contributed by atoms with E-state index in [2.05, 4.69) is 17.2 Å². The molecule has 4 nitrogen and oxygen atoms in total. The number of rotatable bonds is 3. The maximum Gasteiger partial charge on any atom is 0.246 e. The lowest BCUT2D eigenvalue weighted by Crippen LogP contribution is -2.64. The highest BCUT2D eigenvalue weighted by Crippen LogP contribution is 2.17. The van der Waals surface area contributed by atoms with Crippen LogP contribution in [0.25, 0.3) is 0 Å². The lowest BCUT2D eigenvalue weighted by Gasteiger charge is -2.38. The smallest absolute Gasteiger partial charge is 0.246 e. The van der Waals surface area contributed by atoms with Crippen LogP contribution >= 0.6 is 0 Å². The van der Waals surface area contributed by atoms with E-state index in [1.807, 2.05) is 13.8 Å². The zero-order valence-electron chi connectivity index (χ0n) is 10.9. The SMILES string of the molecule is CC#CCN1C(=O)C(C(C)CC)NC(=O)C1C. The Morgan fingerprint density at radius 2 is 2.12 bits per heavy atom. The normalized spacial score (nSPS) is 26.0. The van der Waals surface area contributed by atoms with Crippen molar-refractivity contribution in [1.29, 1.82) is 0 Å². The molecular formula is C13H20N2O2. The highest BCUT2D eigenvalue weighted by atomic mass is 16.2. The van der Waals surface area contributed by atoms with Crippen LogP contribution in [0.1, 0.15) is 34.1 Å². The van der Waals surface area contributed by atoms with Gasteiger partial charge in [0, 0.05) is 0 Å². The van der Waals surface area contributed by atoms with Gasteiger partial charge in [-0.05, 0) is 19.8 Å². The van der Waals surface area contributed by atoms with Gasteiger partial charge in [0.1, 0.15) is 12.1 Å². The summed E-state index contributed by atoms with van der Waals surface area (Å²) in [7, 11) is 0. The Labute approximate surface area is 103 Å². The summed E-state index contributed by atoms with van der Waals surface area (Å²) in [4.78, 5) is 25.6. The van der Waals surface area contributed by atoms with Crippen molar-refractivity contribution >= 4 is 11.8 Å². The van der Waals surface area contributed by atoms with Gasteiger partial charge in [0.25, 0.3) is 0 Å². The van der Waals surface area contributed by atoms with E-state index in [-0.39, 0.29) is 17.7 Å². The van der Waals surface area contributed by atoms with Crippen molar-refractivity contribution in [2.24, 2.45) is 5.92 Å². The standard InChI is InChI=1S/C13H20N2O2/c1-5-7-8-15-10(4)12(16)14-11(13(15)17)9(3)6-2/h9-11H,6,8H2,1-4H3,(H,14,16). The van der Waals surface area contributed by atoms with Crippen LogP contribution in [-0.4, -0.2) is 35.3 Å². The average molecular weight is 236 g/mol. The van der Waals surface area contributed by atoms with Crippen molar-refractivity contribution in [1.82, 2.24) is 10.2 Å². The molecule has 0 aromatic carbocycles. The Kier molecular flexibility index (Phi) is 4.56. The number of carbonyl (C=O) groups excluding carboxylic acids is 2. The van der Waals surface area contributed by atoms with Crippen LogP contribution in [0.3, 0.4) is 0 Å². The summed E-state index contributed by atoms with van der Waals surface area (Å²) < 4.78 is 0. The molecule has 0 bridgehead atoms. The molecule has 1 rings (SSSR count). The molecule has 1 N–H and O–H groups in total. The Morgan fingerprint density at radius 3 is 2.65 bits per heavy atom. The van der Waals surface area contributed by atoms with Gasteiger partial charge >= 0.3 is 0 Å². The molecule has 4 heteroatoms. The maximum absolute atomic E-state index is 12.2. The van der Waals surface area contributed by atoms with Gasteiger partial charge in [-0.1, -0.05) is 26.2 Å². The summed E-state index contributed by atoms with van der Waals surface area (Å²) >= 11 is 0. The van der Waals surface area contributed by atoms with E-state index in [0.717, 1.165) is 6.42 Å². The van der Waals surface area contributed by atoms with Crippen LogP contribution < -0.4 is 5.32 Å². The molecule has 3 unspecified atom stereocenters. The van der Waals surface area contributed by atoms with Crippen LogP contribution in [0.5, 0.6) is 0 Å². The van der Waals surface area contributed by atoms with Crippen molar-refractivity contribution in [2.45, 2.75) is 46.2 Å². The van der Waals surface area contributed by atoms with Crippen LogP contribution in [-0.2, 0) is 9.59 Å². The number of hydrogen-bond acceptors (Lipinski definition) is 2. The number of amides is 2. The van der Waals surface area contributed by atoms with Gasteiger partial charge in [-0.3, -0.25) is 9.59 Å². The Morgan fingerprint density at radius 1 is 1.47 bits per heavy atom. The number of hydrogen-bond donors (Lipinski definition) is 1. The number of piperazine rings is 1. The lowest BCUT2D eigenvalue weighted by atomic mass is 9.94. The van der Waals surface area contributed by atoms with Gasteiger partial charge in [-0.15, -0.1) is 5.92 Å². The van der Waals surface area contributed by atoms with Crippen molar-refractivity contribution in [3.63, 3.8) is 0 Å². The minimum absolute atomic E-state index is 0.0193. The first-order valence-corrected chi connectivity index (χ1v) is 6.03. The molecule has 0 aromatic rings. The minimum atomic E-state index is -0.427. The molecule has 1 heterocycles. The van der Waals surface area contributed by atoms with Crippen molar-refractivity contribution < 1.29 is 9.59 Å². The maximum atomic E-state index is 12.2. The lowest BCUT2D eigenvalue weighted by molar-refractivity contribution is -0.149. The fourth-order valence-corrected chi connectivity index (χ4v) is 1.85. The van der Waals surface area contributed by atoms with E-state index >= 15 is 0 Å². The number of carbonyl (C=O) groups is 2. The average Bonchev–Trinajstić information content (AvgIpc) is 2.33.